The molecule has 7 nitrogen and oxygen atoms in total. The van der Waals surface area contributed by atoms with Crippen LogP contribution in [-0.2, 0) is 27.2 Å². The molecule has 0 saturated heterocycles. The molecule has 148 valence electrons. The van der Waals surface area contributed by atoms with E-state index in [1.807, 2.05) is 36.4 Å². The van der Waals surface area contributed by atoms with Crippen molar-refractivity contribution in [3.05, 3.63) is 71.8 Å². The lowest BCUT2D eigenvalue weighted by Crippen LogP contribution is -2.54. The molecule has 2 rings (SSSR count). The van der Waals surface area contributed by atoms with Gasteiger partial charge in [-0.05, 0) is 24.5 Å². The van der Waals surface area contributed by atoms with Crippen molar-refractivity contribution in [3.8, 4) is 0 Å². The third-order valence-corrected chi connectivity index (χ3v) is 4.28. The summed E-state index contributed by atoms with van der Waals surface area (Å²) in [4.78, 5) is 36.0. The molecule has 0 bridgehead atoms. The first kappa shape index (κ1) is 21.1. The standard InChI is InChI=1S/C21H25N3O4/c1-14(23-20(26)17(22)12-15-8-4-2-5-9-15)19(25)24-18(21(27)28)13-16-10-6-3-7-11-16/h2-11,14,17-18H,12-13,22H2,1H3,(H,23,26)(H,24,25)(H,27,28)/t14-,17-,18-/m0/s1. The zero-order valence-electron chi connectivity index (χ0n) is 15.7. The van der Waals surface area contributed by atoms with Crippen molar-refractivity contribution in [1.82, 2.24) is 10.6 Å². The predicted octanol–water partition coefficient (Wildman–Crippen LogP) is 0.873. The Labute approximate surface area is 163 Å². The van der Waals surface area contributed by atoms with Gasteiger partial charge in [-0.1, -0.05) is 60.7 Å². The number of nitrogens with one attached hydrogen (secondary N) is 2. The largest absolute Gasteiger partial charge is 0.480 e. The van der Waals surface area contributed by atoms with E-state index in [2.05, 4.69) is 10.6 Å². The van der Waals surface area contributed by atoms with Crippen LogP contribution in [0.4, 0.5) is 0 Å². The third kappa shape index (κ3) is 6.51. The van der Waals surface area contributed by atoms with E-state index in [9.17, 15) is 19.5 Å². The summed E-state index contributed by atoms with van der Waals surface area (Å²) in [5.74, 6) is -2.19. The van der Waals surface area contributed by atoms with Gasteiger partial charge in [0.1, 0.15) is 12.1 Å². The second-order valence-electron chi connectivity index (χ2n) is 6.62. The first-order chi connectivity index (χ1) is 13.4. The normalized spacial score (nSPS) is 13.8. The number of amides is 2. The molecule has 0 unspecified atom stereocenters. The fourth-order valence-electron chi connectivity index (χ4n) is 2.69. The summed E-state index contributed by atoms with van der Waals surface area (Å²) in [6, 6.07) is 15.5. The van der Waals surface area contributed by atoms with Gasteiger partial charge in [-0.2, -0.15) is 0 Å². The Morgan fingerprint density at radius 1 is 0.857 bits per heavy atom. The minimum Gasteiger partial charge on any atom is -0.480 e. The predicted molar refractivity (Wildman–Crippen MR) is 105 cm³/mol. The maximum Gasteiger partial charge on any atom is 0.326 e. The molecular formula is C21H25N3O4. The van der Waals surface area contributed by atoms with Gasteiger partial charge in [-0.3, -0.25) is 9.59 Å². The summed E-state index contributed by atoms with van der Waals surface area (Å²) in [6.07, 6.45) is 0.489. The van der Waals surface area contributed by atoms with E-state index in [-0.39, 0.29) is 6.42 Å². The van der Waals surface area contributed by atoms with Gasteiger partial charge in [0.15, 0.2) is 0 Å². The molecule has 0 aliphatic heterocycles. The van der Waals surface area contributed by atoms with Gasteiger partial charge in [0.25, 0.3) is 0 Å². The molecule has 0 spiro atoms. The van der Waals surface area contributed by atoms with Crippen LogP contribution in [0.5, 0.6) is 0 Å². The van der Waals surface area contributed by atoms with Crippen LogP contribution in [0.25, 0.3) is 0 Å². The van der Waals surface area contributed by atoms with Crippen LogP contribution in [-0.4, -0.2) is 41.0 Å². The lowest BCUT2D eigenvalue weighted by Gasteiger charge is -2.20. The first-order valence-electron chi connectivity index (χ1n) is 9.04. The molecular weight excluding hydrogens is 358 g/mol. The van der Waals surface area contributed by atoms with Crippen molar-refractivity contribution in [1.29, 1.82) is 0 Å². The zero-order chi connectivity index (χ0) is 20.5. The highest BCUT2D eigenvalue weighted by Crippen LogP contribution is 2.05. The molecule has 3 atom stereocenters. The summed E-state index contributed by atoms with van der Waals surface area (Å²) in [6.45, 7) is 1.49. The summed E-state index contributed by atoms with van der Waals surface area (Å²) < 4.78 is 0. The van der Waals surface area contributed by atoms with Gasteiger partial charge in [0, 0.05) is 6.42 Å². The highest BCUT2D eigenvalue weighted by molar-refractivity contribution is 5.91. The second-order valence-corrected chi connectivity index (χ2v) is 6.62. The minimum atomic E-state index is -1.14. The van der Waals surface area contributed by atoms with Gasteiger partial charge in [-0.15, -0.1) is 0 Å². The molecule has 2 amide bonds. The highest BCUT2D eigenvalue weighted by atomic mass is 16.4. The number of aliphatic carboxylic acids is 1. The van der Waals surface area contributed by atoms with Gasteiger partial charge in [0.05, 0.1) is 6.04 Å². The van der Waals surface area contributed by atoms with Crippen LogP contribution >= 0.6 is 0 Å². The number of carboxylic acids is 1. The molecule has 2 aromatic carbocycles. The molecule has 0 radical (unpaired) electrons. The average Bonchev–Trinajstić information content (AvgIpc) is 2.68. The van der Waals surface area contributed by atoms with Gasteiger partial charge >= 0.3 is 5.97 Å². The van der Waals surface area contributed by atoms with E-state index in [4.69, 9.17) is 5.73 Å². The van der Waals surface area contributed by atoms with Crippen LogP contribution in [0, 0.1) is 0 Å². The number of carboxylic acid groups (broad SMARTS) is 1. The number of rotatable bonds is 9. The smallest absolute Gasteiger partial charge is 0.326 e. The first-order valence-corrected chi connectivity index (χ1v) is 9.04. The lowest BCUT2D eigenvalue weighted by atomic mass is 10.0. The van der Waals surface area contributed by atoms with Crippen molar-refractivity contribution in [3.63, 3.8) is 0 Å². The van der Waals surface area contributed by atoms with Gasteiger partial charge < -0.3 is 21.5 Å². The van der Waals surface area contributed by atoms with Gasteiger partial charge in [0.2, 0.25) is 11.8 Å². The number of hydrogen-bond acceptors (Lipinski definition) is 4. The van der Waals surface area contributed by atoms with Crippen LogP contribution in [0.15, 0.2) is 60.7 Å². The Bertz CT molecular complexity index is 796. The van der Waals surface area contributed by atoms with Crippen LogP contribution in [0.1, 0.15) is 18.1 Å². The molecule has 2 aromatic rings. The molecule has 0 saturated carbocycles. The van der Waals surface area contributed by atoms with E-state index in [1.54, 1.807) is 24.3 Å². The SMILES string of the molecule is C[C@H](NC(=O)[C@@H](N)Cc1ccccc1)C(=O)N[C@@H](Cc1ccccc1)C(=O)O. The molecule has 28 heavy (non-hydrogen) atoms. The Balaban J connectivity index is 1.89. The highest BCUT2D eigenvalue weighted by Gasteiger charge is 2.25. The molecule has 5 N–H and O–H groups in total. The summed E-state index contributed by atoms with van der Waals surface area (Å²) in [5.41, 5.74) is 7.61. The number of hydrogen-bond donors (Lipinski definition) is 4. The average molecular weight is 383 g/mol. The van der Waals surface area contributed by atoms with Crippen molar-refractivity contribution in [2.75, 3.05) is 0 Å². The number of benzene rings is 2. The maximum absolute atomic E-state index is 12.3. The molecule has 7 heteroatoms. The van der Waals surface area contributed by atoms with Crippen molar-refractivity contribution in [2.45, 2.75) is 37.9 Å². The number of carbonyl (C=O) groups excluding carboxylic acids is 2. The number of carbonyl (C=O) groups is 3. The molecule has 0 aliphatic carbocycles. The van der Waals surface area contributed by atoms with E-state index in [0.29, 0.717) is 6.42 Å². The van der Waals surface area contributed by atoms with Gasteiger partial charge in [-0.25, -0.2) is 4.79 Å². The molecule has 0 aromatic heterocycles. The molecule has 0 heterocycles. The Kier molecular flexibility index (Phi) is 7.71. The van der Waals surface area contributed by atoms with E-state index in [0.717, 1.165) is 11.1 Å². The molecule has 0 aliphatic rings. The fourth-order valence-corrected chi connectivity index (χ4v) is 2.69. The maximum atomic E-state index is 12.3. The summed E-state index contributed by atoms with van der Waals surface area (Å²) in [7, 11) is 0. The van der Waals surface area contributed by atoms with Crippen LogP contribution < -0.4 is 16.4 Å². The number of nitrogens with two attached hydrogens (primary N) is 1. The monoisotopic (exact) mass is 383 g/mol. The van der Waals surface area contributed by atoms with Crippen LogP contribution in [0.3, 0.4) is 0 Å². The van der Waals surface area contributed by atoms with Crippen molar-refractivity contribution < 1.29 is 19.5 Å². The fraction of sp³-hybridized carbons (Fsp3) is 0.286. The Morgan fingerprint density at radius 3 is 1.86 bits per heavy atom. The quantitative estimate of drug-likeness (QED) is 0.512. The van der Waals surface area contributed by atoms with Crippen molar-refractivity contribution in [2.24, 2.45) is 5.73 Å². The topological polar surface area (TPSA) is 122 Å². The minimum absolute atomic E-state index is 0.149. The zero-order valence-corrected chi connectivity index (χ0v) is 15.7. The summed E-state index contributed by atoms with van der Waals surface area (Å²) >= 11 is 0. The van der Waals surface area contributed by atoms with E-state index < -0.39 is 35.9 Å². The molecule has 0 fully saturated rings. The summed E-state index contributed by atoms with van der Waals surface area (Å²) in [5, 5.41) is 14.4. The van der Waals surface area contributed by atoms with E-state index in [1.165, 1.54) is 6.92 Å². The lowest BCUT2D eigenvalue weighted by molar-refractivity contribution is -0.142. The van der Waals surface area contributed by atoms with Crippen molar-refractivity contribution >= 4 is 17.8 Å². The van der Waals surface area contributed by atoms with Crippen LogP contribution in [0.2, 0.25) is 0 Å². The second kappa shape index (κ2) is 10.2. The third-order valence-electron chi connectivity index (χ3n) is 4.28. The van der Waals surface area contributed by atoms with E-state index >= 15 is 0 Å². The Morgan fingerprint density at radius 2 is 1.36 bits per heavy atom. The Hall–Kier alpha value is -3.19.